The van der Waals surface area contributed by atoms with Gasteiger partial charge in [0, 0.05) is 18.2 Å². The third-order valence-electron chi connectivity index (χ3n) is 2.33. The minimum Gasteiger partial charge on any atom is -0.497 e. The van der Waals surface area contributed by atoms with Crippen LogP contribution in [0.5, 0.6) is 11.5 Å². The lowest BCUT2D eigenvalue weighted by atomic mass is 10.2. The van der Waals surface area contributed by atoms with Gasteiger partial charge in [-0.1, -0.05) is 6.07 Å². The van der Waals surface area contributed by atoms with E-state index in [2.05, 4.69) is 4.74 Å². The zero-order valence-corrected chi connectivity index (χ0v) is 10.2. The van der Waals surface area contributed by atoms with Crippen LogP contribution in [0.3, 0.4) is 0 Å². The Labute approximate surface area is 100 Å². The molecule has 1 rings (SSSR count). The first-order valence-corrected chi connectivity index (χ1v) is 5.23. The van der Waals surface area contributed by atoms with Gasteiger partial charge in [-0.05, 0) is 13.0 Å². The maximum atomic E-state index is 11.3. The number of benzene rings is 1. The number of hydrogen-bond donors (Lipinski definition) is 1. The molecule has 0 spiro atoms. The molecular weight excluding hydrogens is 222 g/mol. The lowest BCUT2D eigenvalue weighted by molar-refractivity contribution is -0.147. The summed E-state index contributed by atoms with van der Waals surface area (Å²) in [5.74, 6) is 0.745. The molecule has 0 heterocycles. The first kappa shape index (κ1) is 13.3. The van der Waals surface area contributed by atoms with Crippen LogP contribution in [0.25, 0.3) is 0 Å². The third kappa shape index (κ3) is 3.35. The summed E-state index contributed by atoms with van der Waals surface area (Å²) in [4.78, 5) is 11.3. The highest BCUT2D eigenvalue weighted by Gasteiger charge is 2.16. The van der Waals surface area contributed by atoms with Crippen molar-refractivity contribution in [2.24, 2.45) is 5.73 Å². The number of esters is 1. The molecule has 1 aromatic rings. The summed E-state index contributed by atoms with van der Waals surface area (Å²) < 4.78 is 15.2. The van der Waals surface area contributed by atoms with Crippen LogP contribution in [0.4, 0.5) is 0 Å². The van der Waals surface area contributed by atoms with Crippen LogP contribution < -0.4 is 15.2 Å². The smallest absolute Gasteiger partial charge is 0.346 e. The molecule has 2 N–H and O–H groups in total. The van der Waals surface area contributed by atoms with E-state index in [1.807, 2.05) is 0 Å². The molecule has 0 aliphatic heterocycles. The van der Waals surface area contributed by atoms with Crippen molar-refractivity contribution in [1.29, 1.82) is 0 Å². The Morgan fingerprint density at radius 1 is 1.41 bits per heavy atom. The Morgan fingerprint density at radius 2 is 2.12 bits per heavy atom. The van der Waals surface area contributed by atoms with Crippen LogP contribution in [0.15, 0.2) is 18.2 Å². The fourth-order valence-electron chi connectivity index (χ4n) is 1.34. The molecule has 0 aliphatic rings. The molecule has 5 nitrogen and oxygen atoms in total. The zero-order valence-electron chi connectivity index (χ0n) is 10.2. The van der Waals surface area contributed by atoms with Gasteiger partial charge in [0.25, 0.3) is 0 Å². The topological polar surface area (TPSA) is 70.8 Å². The molecule has 0 saturated carbocycles. The molecule has 0 saturated heterocycles. The van der Waals surface area contributed by atoms with Crippen molar-refractivity contribution in [1.82, 2.24) is 0 Å². The van der Waals surface area contributed by atoms with Crippen LogP contribution >= 0.6 is 0 Å². The Hall–Kier alpha value is -1.75. The highest BCUT2D eigenvalue weighted by Crippen LogP contribution is 2.25. The van der Waals surface area contributed by atoms with Crippen molar-refractivity contribution >= 4 is 5.97 Å². The number of methoxy groups -OCH3 is 2. The molecule has 0 amide bonds. The lowest BCUT2D eigenvalue weighted by Gasteiger charge is -2.15. The fourth-order valence-corrected chi connectivity index (χ4v) is 1.34. The molecule has 0 fully saturated rings. The Morgan fingerprint density at radius 3 is 2.65 bits per heavy atom. The summed E-state index contributed by atoms with van der Waals surface area (Å²) in [5.41, 5.74) is 6.40. The molecule has 1 atom stereocenters. The van der Waals surface area contributed by atoms with Gasteiger partial charge in [-0.2, -0.15) is 0 Å². The van der Waals surface area contributed by atoms with Gasteiger partial charge in [0.15, 0.2) is 6.10 Å². The molecule has 1 unspecified atom stereocenters. The van der Waals surface area contributed by atoms with E-state index >= 15 is 0 Å². The van der Waals surface area contributed by atoms with E-state index in [4.69, 9.17) is 15.2 Å². The van der Waals surface area contributed by atoms with E-state index in [0.717, 1.165) is 5.56 Å². The van der Waals surface area contributed by atoms with Gasteiger partial charge in [0.2, 0.25) is 0 Å². The normalized spacial score (nSPS) is 11.8. The zero-order chi connectivity index (χ0) is 12.8. The van der Waals surface area contributed by atoms with Gasteiger partial charge < -0.3 is 19.9 Å². The molecule has 0 radical (unpaired) electrons. The standard InChI is InChI=1S/C12H17NO4/c1-8(12(14)16-3)17-11-6-10(15-2)5-4-9(11)7-13/h4-6,8H,7,13H2,1-3H3. The van der Waals surface area contributed by atoms with Crippen LogP contribution in [-0.2, 0) is 16.1 Å². The summed E-state index contributed by atoms with van der Waals surface area (Å²) >= 11 is 0. The minimum atomic E-state index is -0.683. The number of hydrogen-bond acceptors (Lipinski definition) is 5. The van der Waals surface area contributed by atoms with Gasteiger partial charge in [-0.25, -0.2) is 4.79 Å². The molecule has 1 aromatic carbocycles. The Kier molecular flexibility index (Phi) is 4.78. The quantitative estimate of drug-likeness (QED) is 0.779. The Balaban J connectivity index is 2.91. The number of ether oxygens (including phenoxy) is 3. The van der Waals surface area contributed by atoms with Crippen molar-refractivity contribution in [3.63, 3.8) is 0 Å². The highest BCUT2D eigenvalue weighted by molar-refractivity contribution is 5.74. The Bertz CT molecular complexity index is 392. The molecule has 0 aromatic heterocycles. The predicted octanol–water partition coefficient (Wildman–Crippen LogP) is 1.09. The van der Waals surface area contributed by atoms with E-state index in [0.29, 0.717) is 18.0 Å². The van der Waals surface area contributed by atoms with Gasteiger partial charge >= 0.3 is 5.97 Å². The minimum absolute atomic E-state index is 0.327. The van der Waals surface area contributed by atoms with Gasteiger partial charge in [0.1, 0.15) is 11.5 Å². The average Bonchev–Trinajstić information content (AvgIpc) is 2.37. The van der Waals surface area contributed by atoms with E-state index in [-0.39, 0.29) is 0 Å². The summed E-state index contributed by atoms with van der Waals surface area (Å²) in [5, 5.41) is 0. The van der Waals surface area contributed by atoms with Crippen molar-refractivity contribution in [3.05, 3.63) is 23.8 Å². The molecule has 0 bridgehead atoms. The molecule has 94 valence electrons. The van der Waals surface area contributed by atoms with Crippen LogP contribution in [-0.4, -0.2) is 26.3 Å². The van der Waals surface area contributed by atoms with Gasteiger partial charge in [-0.15, -0.1) is 0 Å². The summed E-state index contributed by atoms with van der Waals surface area (Å²) in [6, 6.07) is 5.29. The second kappa shape index (κ2) is 6.10. The van der Waals surface area contributed by atoms with E-state index in [1.54, 1.807) is 32.2 Å². The summed E-state index contributed by atoms with van der Waals surface area (Å²) in [6.07, 6.45) is -0.683. The fraction of sp³-hybridized carbons (Fsp3) is 0.417. The molecule has 0 aliphatic carbocycles. The first-order valence-electron chi connectivity index (χ1n) is 5.23. The van der Waals surface area contributed by atoms with Gasteiger partial charge in [0.05, 0.1) is 14.2 Å². The molecule has 5 heteroatoms. The number of carbonyl (C=O) groups excluding carboxylic acids is 1. The SMILES string of the molecule is COC(=O)C(C)Oc1cc(OC)ccc1CN. The van der Waals surface area contributed by atoms with Crippen molar-refractivity contribution < 1.29 is 19.0 Å². The first-order chi connectivity index (χ1) is 8.12. The largest absolute Gasteiger partial charge is 0.497 e. The number of nitrogens with two attached hydrogens (primary N) is 1. The van der Waals surface area contributed by atoms with E-state index < -0.39 is 12.1 Å². The van der Waals surface area contributed by atoms with Crippen LogP contribution in [0.2, 0.25) is 0 Å². The summed E-state index contributed by atoms with van der Waals surface area (Å²) in [6.45, 7) is 1.94. The second-order valence-electron chi connectivity index (χ2n) is 3.46. The maximum absolute atomic E-state index is 11.3. The van der Waals surface area contributed by atoms with E-state index in [1.165, 1.54) is 7.11 Å². The van der Waals surface area contributed by atoms with Crippen molar-refractivity contribution in [2.45, 2.75) is 19.6 Å². The average molecular weight is 239 g/mol. The highest BCUT2D eigenvalue weighted by atomic mass is 16.6. The second-order valence-corrected chi connectivity index (χ2v) is 3.46. The maximum Gasteiger partial charge on any atom is 0.346 e. The number of carbonyl (C=O) groups is 1. The van der Waals surface area contributed by atoms with Crippen molar-refractivity contribution in [3.8, 4) is 11.5 Å². The van der Waals surface area contributed by atoms with Crippen LogP contribution in [0, 0.1) is 0 Å². The number of rotatable bonds is 5. The summed E-state index contributed by atoms with van der Waals surface area (Å²) in [7, 11) is 2.88. The predicted molar refractivity (Wildman–Crippen MR) is 63.0 cm³/mol. The molecule has 17 heavy (non-hydrogen) atoms. The third-order valence-corrected chi connectivity index (χ3v) is 2.33. The van der Waals surface area contributed by atoms with Crippen molar-refractivity contribution in [2.75, 3.05) is 14.2 Å². The monoisotopic (exact) mass is 239 g/mol. The van der Waals surface area contributed by atoms with E-state index in [9.17, 15) is 4.79 Å². The van der Waals surface area contributed by atoms with Crippen LogP contribution in [0.1, 0.15) is 12.5 Å². The lowest BCUT2D eigenvalue weighted by Crippen LogP contribution is -2.25. The molecular formula is C12H17NO4. The van der Waals surface area contributed by atoms with Gasteiger partial charge in [-0.3, -0.25) is 0 Å².